The van der Waals surface area contributed by atoms with E-state index < -0.39 is 0 Å². The van der Waals surface area contributed by atoms with E-state index in [2.05, 4.69) is 10.3 Å². The van der Waals surface area contributed by atoms with E-state index in [1.807, 2.05) is 48.5 Å². The molecule has 0 bridgehead atoms. The molecule has 0 spiro atoms. The van der Waals surface area contributed by atoms with Crippen molar-refractivity contribution >= 4 is 17.6 Å². The average Bonchev–Trinajstić information content (AvgIpc) is 2.57. The van der Waals surface area contributed by atoms with Crippen LogP contribution in [0.4, 0.5) is 5.69 Å². The quantitative estimate of drug-likeness (QED) is 0.532. The van der Waals surface area contributed by atoms with Crippen molar-refractivity contribution in [1.29, 1.82) is 0 Å². The van der Waals surface area contributed by atoms with Crippen molar-refractivity contribution in [2.45, 2.75) is 12.8 Å². The van der Waals surface area contributed by atoms with Gasteiger partial charge in [0.25, 0.3) is 0 Å². The molecule has 6 heteroatoms. The molecule has 0 saturated heterocycles. The van der Waals surface area contributed by atoms with Gasteiger partial charge in [0.1, 0.15) is 5.75 Å². The first-order valence-corrected chi connectivity index (χ1v) is 7.64. The molecular weight excluding hydrogens is 304 g/mol. The van der Waals surface area contributed by atoms with Gasteiger partial charge in [0.15, 0.2) is 5.96 Å². The minimum absolute atomic E-state index is 0.228. The molecule has 6 nitrogen and oxygen atoms in total. The average molecular weight is 326 g/mol. The highest BCUT2D eigenvalue weighted by Gasteiger charge is 2.00. The van der Waals surface area contributed by atoms with Crippen LogP contribution < -0.4 is 21.5 Å². The number of hydrogen-bond acceptors (Lipinski definition) is 3. The third-order valence-corrected chi connectivity index (χ3v) is 3.45. The van der Waals surface area contributed by atoms with Crippen LogP contribution >= 0.6 is 0 Å². The van der Waals surface area contributed by atoms with Gasteiger partial charge in [-0.1, -0.05) is 24.3 Å². The molecule has 2 rings (SSSR count). The van der Waals surface area contributed by atoms with E-state index in [1.54, 1.807) is 7.11 Å². The molecule has 5 N–H and O–H groups in total. The third kappa shape index (κ3) is 5.64. The molecule has 1 amide bonds. The highest BCUT2D eigenvalue weighted by molar-refractivity contribution is 5.92. The number of nitrogens with two attached hydrogens (primary N) is 2. The summed E-state index contributed by atoms with van der Waals surface area (Å²) in [6.45, 7) is 0.588. The van der Waals surface area contributed by atoms with Crippen LogP contribution in [0.2, 0.25) is 0 Å². The minimum Gasteiger partial charge on any atom is -0.497 e. The Hall–Kier alpha value is -3.02. The summed E-state index contributed by atoms with van der Waals surface area (Å²) in [6.07, 6.45) is 1.02. The summed E-state index contributed by atoms with van der Waals surface area (Å²) in [6, 6.07) is 15.2. The molecule has 0 radical (unpaired) electrons. The second kappa shape index (κ2) is 8.57. The number of hydrogen-bond donors (Lipinski definition) is 3. The van der Waals surface area contributed by atoms with Crippen LogP contribution in [0.15, 0.2) is 53.5 Å². The number of methoxy groups -OCH3 is 1. The number of nitrogens with zero attached hydrogens (tertiary/aromatic N) is 1. The van der Waals surface area contributed by atoms with Crippen LogP contribution in [0.25, 0.3) is 0 Å². The number of guanidine groups is 1. The van der Waals surface area contributed by atoms with E-state index in [9.17, 15) is 4.79 Å². The first-order valence-electron chi connectivity index (χ1n) is 7.64. The van der Waals surface area contributed by atoms with Gasteiger partial charge in [0.05, 0.1) is 13.5 Å². The number of benzene rings is 2. The first-order chi connectivity index (χ1) is 11.6. The lowest BCUT2D eigenvalue weighted by Gasteiger charge is -2.07. The predicted molar refractivity (Wildman–Crippen MR) is 96.2 cm³/mol. The zero-order valence-electron chi connectivity index (χ0n) is 13.7. The van der Waals surface area contributed by atoms with Crippen LogP contribution in [0.3, 0.4) is 0 Å². The highest BCUT2D eigenvalue weighted by atomic mass is 16.5. The van der Waals surface area contributed by atoms with Crippen molar-refractivity contribution < 1.29 is 9.53 Å². The number of ether oxygens (including phenoxy) is 1. The van der Waals surface area contributed by atoms with Gasteiger partial charge < -0.3 is 21.5 Å². The molecule has 0 fully saturated rings. The van der Waals surface area contributed by atoms with E-state index >= 15 is 0 Å². The SMILES string of the molecule is COc1ccc(CCN=C(N)Nc2ccc(CC(N)=O)cc2)cc1. The molecule has 126 valence electrons. The van der Waals surface area contributed by atoms with Gasteiger partial charge in [-0.2, -0.15) is 0 Å². The second-order valence-electron chi connectivity index (χ2n) is 5.33. The molecule has 2 aromatic rings. The lowest BCUT2D eigenvalue weighted by atomic mass is 10.1. The van der Waals surface area contributed by atoms with Gasteiger partial charge in [0.2, 0.25) is 5.91 Å². The Morgan fingerprint density at radius 1 is 1.04 bits per heavy atom. The fourth-order valence-corrected chi connectivity index (χ4v) is 2.19. The van der Waals surface area contributed by atoms with E-state index in [0.29, 0.717) is 12.5 Å². The largest absolute Gasteiger partial charge is 0.497 e. The zero-order valence-corrected chi connectivity index (χ0v) is 13.7. The van der Waals surface area contributed by atoms with Gasteiger partial charge in [-0.05, 0) is 41.8 Å². The van der Waals surface area contributed by atoms with Crippen molar-refractivity contribution in [2.75, 3.05) is 19.0 Å². The van der Waals surface area contributed by atoms with E-state index in [4.69, 9.17) is 16.2 Å². The number of amides is 1. The molecule has 2 aromatic carbocycles. The van der Waals surface area contributed by atoms with Gasteiger partial charge in [0, 0.05) is 12.2 Å². The maximum atomic E-state index is 10.9. The van der Waals surface area contributed by atoms with Crippen molar-refractivity contribution in [3.05, 3.63) is 59.7 Å². The molecular formula is C18H22N4O2. The fraction of sp³-hybridized carbons (Fsp3) is 0.222. The highest BCUT2D eigenvalue weighted by Crippen LogP contribution is 2.12. The van der Waals surface area contributed by atoms with Crippen LogP contribution in [-0.4, -0.2) is 25.5 Å². The minimum atomic E-state index is -0.352. The Morgan fingerprint density at radius 3 is 2.25 bits per heavy atom. The molecule has 0 aliphatic rings. The summed E-state index contributed by atoms with van der Waals surface area (Å²) in [5, 5.41) is 3.02. The van der Waals surface area contributed by atoms with Gasteiger partial charge in [-0.3, -0.25) is 9.79 Å². The number of nitrogens with one attached hydrogen (secondary N) is 1. The summed E-state index contributed by atoms with van der Waals surface area (Å²) < 4.78 is 5.12. The van der Waals surface area contributed by atoms with Gasteiger partial charge in [-0.25, -0.2) is 0 Å². The third-order valence-electron chi connectivity index (χ3n) is 3.45. The lowest BCUT2D eigenvalue weighted by molar-refractivity contribution is -0.117. The van der Waals surface area contributed by atoms with Crippen molar-refractivity contribution in [3.8, 4) is 5.75 Å². The number of carbonyl (C=O) groups excluding carboxylic acids is 1. The van der Waals surface area contributed by atoms with Crippen LogP contribution in [-0.2, 0) is 17.6 Å². The Labute approximate surface area is 141 Å². The second-order valence-corrected chi connectivity index (χ2v) is 5.33. The zero-order chi connectivity index (χ0) is 17.4. The lowest BCUT2D eigenvalue weighted by Crippen LogP contribution is -2.23. The van der Waals surface area contributed by atoms with Crippen LogP contribution in [0.5, 0.6) is 5.75 Å². The monoisotopic (exact) mass is 326 g/mol. The Kier molecular flexibility index (Phi) is 6.19. The molecule has 0 atom stereocenters. The summed E-state index contributed by atoms with van der Waals surface area (Å²) in [7, 11) is 1.64. The maximum absolute atomic E-state index is 10.9. The van der Waals surface area contributed by atoms with E-state index in [1.165, 1.54) is 5.56 Å². The van der Waals surface area contributed by atoms with Crippen molar-refractivity contribution in [3.63, 3.8) is 0 Å². The summed E-state index contributed by atoms with van der Waals surface area (Å²) in [5.41, 5.74) is 13.9. The number of anilines is 1. The first kappa shape index (κ1) is 17.3. The summed E-state index contributed by atoms with van der Waals surface area (Å²) in [5.74, 6) is 0.838. The number of rotatable bonds is 7. The normalized spacial score (nSPS) is 11.1. The maximum Gasteiger partial charge on any atom is 0.221 e. The molecule has 24 heavy (non-hydrogen) atoms. The number of aliphatic imine (C=N–C) groups is 1. The number of carbonyl (C=O) groups is 1. The summed E-state index contributed by atoms with van der Waals surface area (Å²) >= 11 is 0. The molecule has 0 saturated carbocycles. The van der Waals surface area contributed by atoms with E-state index in [-0.39, 0.29) is 12.3 Å². The standard InChI is InChI=1S/C18H22N4O2/c1-24-16-8-4-13(5-9-16)10-11-21-18(20)22-15-6-2-14(3-7-15)12-17(19)23/h2-9H,10-12H2,1H3,(H2,19,23)(H3,20,21,22). The van der Waals surface area contributed by atoms with Gasteiger partial charge >= 0.3 is 0 Å². The van der Waals surface area contributed by atoms with Gasteiger partial charge in [-0.15, -0.1) is 0 Å². The van der Waals surface area contributed by atoms with Crippen molar-refractivity contribution in [1.82, 2.24) is 0 Å². The molecule has 0 unspecified atom stereocenters. The summed E-state index contributed by atoms with van der Waals surface area (Å²) in [4.78, 5) is 15.2. The molecule has 0 aromatic heterocycles. The topological polar surface area (TPSA) is 103 Å². The Bertz CT molecular complexity index is 694. The molecule has 0 aliphatic heterocycles. The smallest absolute Gasteiger partial charge is 0.221 e. The predicted octanol–water partition coefficient (Wildman–Crippen LogP) is 1.69. The Balaban J connectivity index is 1.83. The van der Waals surface area contributed by atoms with Crippen LogP contribution in [0.1, 0.15) is 11.1 Å². The number of primary amides is 1. The molecule has 0 heterocycles. The fourth-order valence-electron chi connectivity index (χ4n) is 2.19. The van der Waals surface area contributed by atoms with Crippen molar-refractivity contribution in [2.24, 2.45) is 16.5 Å². The van der Waals surface area contributed by atoms with Crippen LogP contribution in [0, 0.1) is 0 Å². The van der Waals surface area contributed by atoms with E-state index in [0.717, 1.165) is 23.4 Å². The molecule has 0 aliphatic carbocycles. The Morgan fingerprint density at radius 2 is 1.67 bits per heavy atom.